The van der Waals surface area contributed by atoms with Gasteiger partial charge in [-0.3, -0.25) is 4.79 Å². The number of para-hydroxylation sites is 1. The number of piperidine rings is 1. The highest BCUT2D eigenvalue weighted by atomic mass is 32.2. The summed E-state index contributed by atoms with van der Waals surface area (Å²) in [7, 11) is 0. The Bertz CT molecular complexity index is 364. The molecule has 0 spiro atoms. The van der Waals surface area contributed by atoms with Crippen LogP contribution in [0.2, 0.25) is 0 Å². The molecule has 0 aromatic heterocycles. The van der Waals surface area contributed by atoms with Crippen molar-refractivity contribution in [1.29, 1.82) is 0 Å². The van der Waals surface area contributed by atoms with E-state index in [0.29, 0.717) is 6.42 Å². The lowest BCUT2D eigenvalue weighted by molar-refractivity contribution is -0.119. The van der Waals surface area contributed by atoms with Gasteiger partial charge in [-0.15, -0.1) is 11.8 Å². The molecule has 0 saturated carbocycles. The fourth-order valence-corrected chi connectivity index (χ4v) is 2.52. The van der Waals surface area contributed by atoms with E-state index in [-0.39, 0.29) is 5.91 Å². The van der Waals surface area contributed by atoms with Crippen LogP contribution in [0.1, 0.15) is 19.3 Å². The number of nitrogens with zero attached hydrogens (tertiary/aromatic N) is 1. The molecule has 1 amide bonds. The normalized spacial score (nSPS) is 16.9. The van der Waals surface area contributed by atoms with Gasteiger partial charge in [0.05, 0.1) is 5.69 Å². The van der Waals surface area contributed by atoms with E-state index in [0.717, 1.165) is 25.1 Å². The summed E-state index contributed by atoms with van der Waals surface area (Å²) in [4.78, 5) is 14.9. The van der Waals surface area contributed by atoms with Crippen LogP contribution in [-0.4, -0.2) is 18.7 Å². The molecule has 2 rings (SSSR count). The lowest BCUT2D eigenvalue weighted by Crippen LogP contribution is -2.35. The highest BCUT2D eigenvalue weighted by molar-refractivity contribution is 7.98. The van der Waals surface area contributed by atoms with Crippen LogP contribution in [0.15, 0.2) is 29.2 Å². The van der Waals surface area contributed by atoms with Crippen LogP contribution in [-0.2, 0) is 4.79 Å². The van der Waals surface area contributed by atoms with Crippen molar-refractivity contribution in [2.24, 2.45) is 0 Å². The van der Waals surface area contributed by atoms with Gasteiger partial charge in [-0.25, -0.2) is 0 Å². The minimum Gasteiger partial charge on any atom is -0.311 e. The molecule has 0 unspecified atom stereocenters. The Morgan fingerprint density at radius 1 is 1.27 bits per heavy atom. The molecule has 1 aromatic rings. The molecule has 1 aliphatic rings. The maximum atomic E-state index is 11.8. The number of hydrogen-bond acceptors (Lipinski definition) is 2. The van der Waals surface area contributed by atoms with E-state index in [9.17, 15) is 4.79 Å². The standard InChI is InChI=1S/C12H15NOS/c1-15-11-7-3-2-6-10(11)13-9-5-4-8-12(13)14/h2-3,6-7H,4-5,8-9H2,1H3. The molecule has 1 fully saturated rings. The molecule has 0 bridgehead atoms. The number of anilines is 1. The summed E-state index contributed by atoms with van der Waals surface area (Å²) >= 11 is 1.70. The molecule has 15 heavy (non-hydrogen) atoms. The second-order valence-corrected chi connectivity index (χ2v) is 4.52. The van der Waals surface area contributed by atoms with Crippen molar-refractivity contribution in [3.8, 4) is 0 Å². The van der Waals surface area contributed by atoms with Crippen LogP contribution in [0.5, 0.6) is 0 Å². The molecule has 1 aliphatic heterocycles. The van der Waals surface area contributed by atoms with E-state index in [1.807, 2.05) is 29.4 Å². The molecule has 80 valence electrons. The first-order chi connectivity index (χ1) is 7.33. The van der Waals surface area contributed by atoms with E-state index < -0.39 is 0 Å². The second kappa shape index (κ2) is 4.71. The zero-order valence-electron chi connectivity index (χ0n) is 8.90. The number of hydrogen-bond donors (Lipinski definition) is 0. The fourth-order valence-electron chi connectivity index (χ4n) is 1.91. The maximum Gasteiger partial charge on any atom is 0.227 e. The Hall–Kier alpha value is -0.960. The van der Waals surface area contributed by atoms with E-state index in [1.54, 1.807) is 11.8 Å². The molecular weight excluding hydrogens is 206 g/mol. The third kappa shape index (κ3) is 2.17. The highest BCUT2D eigenvalue weighted by Crippen LogP contribution is 2.30. The SMILES string of the molecule is CSc1ccccc1N1CCCCC1=O. The van der Waals surface area contributed by atoms with Crippen molar-refractivity contribution in [3.05, 3.63) is 24.3 Å². The van der Waals surface area contributed by atoms with Crippen LogP contribution in [0.3, 0.4) is 0 Å². The van der Waals surface area contributed by atoms with Crippen LogP contribution in [0, 0.1) is 0 Å². The Labute approximate surface area is 94.7 Å². The third-order valence-electron chi connectivity index (χ3n) is 2.70. The Balaban J connectivity index is 2.30. The van der Waals surface area contributed by atoms with Crippen molar-refractivity contribution in [3.63, 3.8) is 0 Å². The van der Waals surface area contributed by atoms with E-state index in [4.69, 9.17) is 0 Å². The first kappa shape index (κ1) is 10.6. The van der Waals surface area contributed by atoms with Crippen LogP contribution in [0.4, 0.5) is 5.69 Å². The molecule has 1 aromatic carbocycles. The molecule has 0 aliphatic carbocycles. The van der Waals surface area contributed by atoms with E-state index >= 15 is 0 Å². The molecule has 2 nitrogen and oxygen atoms in total. The first-order valence-electron chi connectivity index (χ1n) is 5.26. The van der Waals surface area contributed by atoms with Crippen molar-refractivity contribution >= 4 is 23.4 Å². The van der Waals surface area contributed by atoms with Crippen molar-refractivity contribution in [1.82, 2.24) is 0 Å². The smallest absolute Gasteiger partial charge is 0.227 e. The predicted octanol–water partition coefficient (Wildman–Crippen LogP) is 2.93. The molecule has 3 heteroatoms. The van der Waals surface area contributed by atoms with Gasteiger partial charge in [0.15, 0.2) is 0 Å². The first-order valence-corrected chi connectivity index (χ1v) is 6.49. The Kier molecular flexibility index (Phi) is 3.31. The van der Waals surface area contributed by atoms with Crippen molar-refractivity contribution < 1.29 is 4.79 Å². The minimum atomic E-state index is 0.266. The number of rotatable bonds is 2. The third-order valence-corrected chi connectivity index (χ3v) is 3.48. The monoisotopic (exact) mass is 221 g/mol. The van der Waals surface area contributed by atoms with E-state index in [2.05, 4.69) is 6.07 Å². The van der Waals surface area contributed by atoms with Crippen LogP contribution in [0.25, 0.3) is 0 Å². The lowest BCUT2D eigenvalue weighted by atomic mass is 10.1. The lowest BCUT2D eigenvalue weighted by Gasteiger charge is -2.28. The number of amides is 1. The van der Waals surface area contributed by atoms with Gasteiger partial charge in [0, 0.05) is 17.9 Å². The molecule has 0 atom stereocenters. The molecule has 0 N–H and O–H groups in total. The van der Waals surface area contributed by atoms with Gasteiger partial charge in [0.25, 0.3) is 0 Å². The van der Waals surface area contributed by atoms with Gasteiger partial charge in [0.2, 0.25) is 5.91 Å². The van der Waals surface area contributed by atoms with Crippen LogP contribution >= 0.6 is 11.8 Å². The summed E-state index contributed by atoms with van der Waals surface area (Å²) in [5, 5.41) is 0. The van der Waals surface area contributed by atoms with E-state index in [1.165, 1.54) is 4.90 Å². The fraction of sp³-hybridized carbons (Fsp3) is 0.417. The van der Waals surface area contributed by atoms with Crippen molar-refractivity contribution in [2.75, 3.05) is 17.7 Å². The summed E-state index contributed by atoms with van der Waals surface area (Å²) in [5.41, 5.74) is 1.08. The maximum absolute atomic E-state index is 11.8. The number of benzene rings is 1. The summed E-state index contributed by atoms with van der Waals surface area (Å²) in [6.07, 6.45) is 4.90. The van der Waals surface area contributed by atoms with Gasteiger partial charge in [-0.05, 0) is 31.2 Å². The van der Waals surface area contributed by atoms with Gasteiger partial charge in [0.1, 0.15) is 0 Å². The van der Waals surface area contributed by atoms with Crippen molar-refractivity contribution in [2.45, 2.75) is 24.2 Å². The summed E-state index contributed by atoms with van der Waals surface area (Å²) in [6, 6.07) is 8.12. The summed E-state index contributed by atoms with van der Waals surface area (Å²) in [6.45, 7) is 0.871. The highest BCUT2D eigenvalue weighted by Gasteiger charge is 2.21. The molecule has 1 saturated heterocycles. The Morgan fingerprint density at radius 3 is 2.80 bits per heavy atom. The molecular formula is C12H15NOS. The van der Waals surface area contributed by atoms with Crippen LogP contribution < -0.4 is 4.90 Å². The zero-order valence-corrected chi connectivity index (χ0v) is 9.72. The van der Waals surface area contributed by atoms with Gasteiger partial charge in [-0.1, -0.05) is 12.1 Å². The predicted molar refractivity (Wildman–Crippen MR) is 64.4 cm³/mol. The second-order valence-electron chi connectivity index (χ2n) is 3.67. The number of carbonyl (C=O) groups is 1. The summed E-state index contributed by atoms with van der Waals surface area (Å²) < 4.78 is 0. The minimum absolute atomic E-state index is 0.266. The van der Waals surface area contributed by atoms with Gasteiger partial charge >= 0.3 is 0 Å². The topological polar surface area (TPSA) is 20.3 Å². The average Bonchev–Trinajstić information content (AvgIpc) is 2.30. The zero-order chi connectivity index (χ0) is 10.7. The molecule has 1 heterocycles. The summed E-state index contributed by atoms with van der Waals surface area (Å²) in [5.74, 6) is 0.266. The van der Waals surface area contributed by atoms with Gasteiger partial charge < -0.3 is 4.90 Å². The van der Waals surface area contributed by atoms with Gasteiger partial charge in [-0.2, -0.15) is 0 Å². The Morgan fingerprint density at radius 2 is 2.07 bits per heavy atom. The number of thioether (sulfide) groups is 1. The largest absolute Gasteiger partial charge is 0.311 e. The molecule has 0 radical (unpaired) electrons. The average molecular weight is 221 g/mol. The quantitative estimate of drug-likeness (QED) is 0.716. The number of carbonyl (C=O) groups excluding carboxylic acids is 1.